The number of rotatable bonds is 3. The summed E-state index contributed by atoms with van der Waals surface area (Å²) >= 11 is 0. The molecule has 2 aromatic heterocycles. The van der Waals surface area contributed by atoms with E-state index in [-0.39, 0.29) is 5.69 Å². The number of hydrogen-bond acceptors (Lipinski definition) is 5. The Morgan fingerprint density at radius 3 is 2.95 bits per heavy atom. The second-order valence-electron chi connectivity index (χ2n) is 4.15. The monoisotopic (exact) mass is 258 g/mol. The highest BCUT2D eigenvalue weighted by Crippen LogP contribution is 2.26. The topological polar surface area (TPSA) is 87.0 Å². The van der Waals surface area contributed by atoms with E-state index in [2.05, 4.69) is 10.1 Å². The summed E-state index contributed by atoms with van der Waals surface area (Å²) in [5.41, 5.74) is 0.627. The predicted octanol–water partition coefficient (Wildman–Crippen LogP) is 2.29. The summed E-state index contributed by atoms with van der Waals surface area (Å²) in [6.45, 7) is 2.04. The number of aryl methyl sites for hydroxylation is 1. The summed E-state index contributed by atoms with van der Waals surface area (Å²) in [6.07, 6.45) is 1.78. The average Bonchev–Trinajstić information content (AvgIpc) is 2.97. The molecular formula is C12H10N4O3. The van der Waals surface area contributed by atoms with E-state index in [1.165, 1.54) is 6.07 Å². The standard InChI is InChI=1S/C12H10N4O3/c1-8-13-11(19-14-8)7-15-6-5-9-3-2-4-10(12(9)15)16(17)18/h2-6H,7H2,1H3. The number of nitro benzene ring substituents is 1. The van der Waals surface area contributed by atoms with Crippen LogP contribution in [0.4, 0.5) is 5.69 Å². The minimum absolute atomic E-state index is 0.0683. The molecule has 0 aliphatic rings. The smallest absolute Gasteiger partial charge is 0.293 e. The highest BCUT2D eigenvalue weighted by atomic mass is 16.6. The van der Waals surface area contributed by atoms with Gasteiger partial charge in [0.15, 0.2) is 5.82 Å². The lowest BCUT2D eigenvalue weighted by Crippen LogP contribution is -2.00. The molecule has 7 heteroatoms. The van der Waals surface area contributed by atoms with Crippen molar-refractivity contribution in [1.29, 1.82) is 0 Å². The Kier molecular flexibility index (Phi) is 2.52. The lowest BCUT2D eigenvalue weighted by atomic mass is 10.2. The zero-order valence-electron chi connectivity index (χ0n) is 10.1. The first-order valence-electron chi connectivity index (χ1n) is 5.66. The van der Waals surface area contributed by atoms with E-state index in [1.807, 2.05) is 12.1 Å². The molecule has 0 unspecified atom stereocenters. The Morgan fingerprint density at radius 2 is 2.26 bits per heavy atom. The summed E-state index contributed by atoms with van der Waals surface area (Å²) < 4.78 is 6.77. The van der Waals surface area contributed by atoms with Gasteiger partial charge in [-0.3, -0.25) is 10.1 Å². The number of aromatic nitrogens is 3. The molecule has 0 amide bonds. The van der Waals surface area contributed by atoms with Gasteiger partial charge in [0.25, 0.3) is 5.69 Å². The van der Waals surface area contributed by atoms with Gasteiger partial charge in [-0.25, -0.2) is 0 Å². The summed E-state index contributed by atoms with van der Waals surface area (Å²) in [5.74, 6) is 0.967. The summed E-state index contributed by atoms with van der Waals surface area (Å²) in [5, 5.41) is 15.6. The van der Waals surface area contributed by atoms with Crippen molar-refractivity contribution in [3.05, 3.63) is 52.3 Å². The maximum absolute atomic E-state index is 11.1. The molecule has 0 aliphatic heterocycles. The van der Waals surface area contributed by atoms with Crippen LogP contribution in [-0.4, -0.2) is 19.6 Å². The van der Waals surface area contributed by atoms with Gasteiger partial charge in [-0.05, 0) is 13.0 Å². The third kappa shape index (κ3) is 1.95. The molecule has 3 aromatic rings. The normalized spacial score (nSPS) is 11.0. The average molecular weight is 258 g/mol. The van der Waals surface area contributed by atoms with Crippen molar-refractivity contribution in [2.75, 3.05) is 0 Å². The molecule has 0 radical (unpaired) electrons. The molecule has 0 aliphatic carbocycles. The fraction of sp³-hybridized carbons (Fsp3) is 0.167. The Balaban J connectivity index is 2.11. The largest absolute Gasteiger partial charge is 0.337 e. The molecule has 2 heterocycles. The van der Waals surface area contributed by atoms with Crippen LogP contribution in [0.2, 0.25) is 0 Å². The van der Waals surface area contributed by atoms with Crippen LogP contribution in [0.15, 0.2) is 35.0 Å². The number of benzene rings is 1. The third-order valence-corrected chi connectivity index (χ3v) is 2.84. The maximum atomic E-state index is 11.1. The molecule has 3 rings (SSSR count). The molecule has 0 saturated carbocycles. The van der Waals surface area contributed by atoms with Gasteiger partial charge in [-0.2, -0.15) is 4.98 Å². The molecule has 0 N–H and O–H groups in total. The molecule has 0 fully saturated rings. The molecule has 19 heavy (non-hydrogen) atoms. The Bertz CT molecular complexity index is 759. The number of nitrogens with zero attached hydrogens (tertiary/aromatic N) is 4. The van der Waals surface area contributed by atoms with Gasteiger partial charge < -0.3 is 9.09 Å². The molecule has 7 nitrogen and oxygen atoms in total. The van der Waals surface area contributed by atoms with Gasteiger partial charge in [-0.1, -0.05) is 17.3 Å². The van der Waals surface area contributed by atoms with Crippen LogP contribution in [0.1, 0.15) is 11.7 Å². The lowest BCUT2D eigenvalue weighted by Gasteiger charge is -2.02. The lowest BCUT2D eigenvalue weighted by molar-refractivity contribution is -0.383. The van der Waals surface area contributed by atoms with Crippen molar-refractivity contribution in [3.8, 4) is 0 Å². The second kappa shape index (κ2) is 4.20. The molecule has 0 atom stereocenters. The van der Waals surface area contributed by atoms with E-state index < -0.39 is 4.92 Å². The van der Waals surface area contributed by atoms with Crippen LogP contribution in [0.25, 0.3) is 10.9 Å². The fourth-order valence-electron chi connectivity index (χ4n) is 2.07. The van der Waals surface area contributed by atoms with Crippen LogP contribution >= 0.6 is 0 Å². The van der Waals surface area contributed by atoms with Crippen LogP contribution in [0, 0.1) is 17.0 Å². The van der Waals surface area contributed by atoms with Gasteiger partial charge >= 0.3 is 0 Å². The van der Waals surface area contributed by atoms with E-state index in [9.17, 15) is 10.1 Å². The summed E-state index contributed by atoms with van der Waals surface area (Å²) in [7, 11) is 0. The number of fused-ring (bicyclic) bond motifs is 1. The Morgan fingerprint density at radius 1 is 1.42 bits per heavy atom. The molecule has 96 valence electrons. The molecule has 1 aromatic carbocycles. The highest BCUT2D eigenvalue weighted by Gasteiger charge is 2.16. The zero-order valence-corrected chi connectivity index (χ0v) is 10.1. The van der Waals surface area contributed by atoms with Crippen LogP contribution < -0.4 is 0 Å². The van der Waals surface area contributed by atoms with Crippen molar-refractivity contribution >= 4 is 16.6 Å². The first kappa shape index (κ1) is 11.4. The minimum Gasteiger partial charge on any atom is -0.337 e. The molecule has 0 bridgehead atoms. The number of nitro groups is 1. The van der Waals surface area contributed by atoms with Crippen LogP contribution in [-0.2, 0) is 6.54 Å². The summed E-state index contributed by atoms with van der Waals surface area (Å²) in [6, 6.07) is 6.81. The van der Waals surface area contributed by atoms with Crippen molar-refractivity contribution < 1.29 is 9.45 Å². The van der Waals surface area contributed by atoms with E-state index in [1.54, 1.807) is 23.8 Å². The number of non-ortho nitro benzene ring substituents is 1. The quantitative estimate of drug-likeness (QED) is 0.531. The molecule has 0 spiro atoms. The van der Waals surface area contributed by atoms with Gasteiger partial charge in [0.2, 0.25) is 5.89 Å². The predicted molar refractivity (Wildman–Crippen MR) is 66.7 cm³/mol. The van der Waals surface area contributed by atoms with E-state index in [0.29, 0.717) is 23.8 Å². The minimum atomic E-state index is -0.391. The van der Waals surface area contributed by atoms with E-state index in [0.717, 1.165) is 5.39 Å². The fourth-order valence-corrected chi connectivity index (χ4v) is 2.07. The van der Waals surface area contributed by atoms with Crippen LogP contribution in [0.3, 0.4) is 0 Å². The van der Waals surface area contributed by atoms with Gasteiger partial charge in [0, 0.05) is 17.6 Å². The van der Waals surface area contributed by atoms with Crippen molar-refractivity contribution in [2.24, 2.45) is 0 Å². The molecule has 0 saturated heterocycles. The van der Waals surface area contributed by atoms with Gasteiger partial charge in [0.05, 0.1) is 4.92 Å². The van der Waals surface area contributed by atoms with E-state index >= 15 is 0 Å². The number of para-hydroxylation sites is 1. The summed E-state index contributed by atoms with van der Waals surface area (Å²) in [4.78, 5) is 14.8. The Labute approximate surface area is 107 Å². The SMILES string of the molecule is Cc1noc(Cn2ccc3cccc([N+](=O)[O-])c32)n1. The van der Waals surface area contributed by atoms with Gasteiger partial charge in [0.1, 0.15) is 12.1 Å². The zero-order chi connectivity index (χ0) is 13.4. The van der Waals surface area contributed by atoms with Crippen molar-refractivity contribution in [2.45, 2.75) is 13.5 Å². The highest BCUT2D eigenvalue weighted by molar-refractivity contribution is 5.88. The van der Waals surface area contributed by atoms with Crippen molar-refractivity contribution in [3.63, 3.8) is 0 Å². The van der Waals surface area contributed by atoms with E-state index in [4.69, 9.17) is 4.52 Å². The molecular weight excluding hydrogens is 248 g/mol. The van der Waals surface area contributed by atoms with Crippen molar-refractivity contribution in [1.82, 2.24) is 14.7 Å². The first-order chi connectivity index (χ1) is 9.15. The Hall–Kier alpha value is -2.70. The third-order valence-electron chi connectivity index (χ3n) is 2.84. The number of hydrogen-bond donors (Lipinski definition) is 0. The van der Waals surface area contributed by atoms with Gasteiger partial charge in [-0.15, -0.1) is 0 Å². The first-order valence-corrected chi connectivity index (χ1v) is 5.66. The van der Waals surface area contributed by atoms with Crippen LogP contribution in [0.5, 0.6) is 0 Å². The second-order valence-corrected chi connectivity index (χ2v) is 4.15. The maximum Gasteiger partial charge on any atom is 0.293 e.